The fourth-order valence-electron chi connectivity index (χ4n) is 3.47. The van der Waals surface area contributed by atoms with Crippen LogP contribution in [0.1, 0.15) is 0 Å². The van der Waals surface area contributed by atoms with Crippen LogP contribution in [-0.2, 0) is 9.47 Å². The molecule has 0 saturated carbocycles. The number of nitrogens with zero attached hydrogens (tertiary/aromatic N) is 8. The lowest BCUT2D eigenvalue weighted by Crippen LogP contribution is -2.73. The van der Waals surface area contributed by atoms with E-state index in [0.717, 1.165) is 0 Å². The highest BCUT2D eigenvalue weighted by molar-refractivity contribution is 5.01. The Morgan fingerprint density at radius 2 is 0.875 bits per heavy atom. The first kappa shape index (κ1) is 14.3. The Morgan fingerprint density at radius 1 is 0.542 bits per heavy atom. The minimum Gasteiger partial charge on any atom is -0.315 e. The van der Waals surface area contributed by atoms with Gasteiger partial charge < -0.3 is 9.47 Å². The molecule has 6 bridgehead atoms. The average Bonchev–Trinajstić information content (AvgIpc) is 2.92. The number of piperazine rings is 1. The van der Waals surface area contributed by atoms with Gasteiger partial charge in [-0.25, -0.2) is 40.5 Å². The molecule has 6 atom stereocenters. The molecule has 5 heterocycles. The van der Waals surface area contributed by atoms with Gasteiger partial charge in [-0.15, -0.1) is 0 Å². The fraction of sp³-hybridized carbons (Fsp3) is 1.00. The van der Waals surface area contributed by atoms with Gasteiger partial charge in [0.05, 0.1) is 0 Å². The van der Waals surface area contributed by atoms with Gasteiger partial charge in [0.2, 0.25) is 24.9 Å². The second kappa shape index (κ2) is 4.17. The van der Waals surface area contributed by atoms with Gasteiger partial charge in [-0.3, -0.25) is 0 Å². The third-order valence-corrected chi connectivity index (χ3v) is 4.19. The highest BCUT2D eigenvalue weighted by Gasteiger charge is 2.81. The van der Waals surface area contributed by atoms with Crippen LogP contribution >= 0.6 is 0 Å². The Kier molecular flexibility index (Phi) is 2.49. The van der Waals surface area contributed by atoms with E-state index in [1.54, 1.807) is 0 Å². The highest BCUT2D eigenvalue weighted by Crippen LogP contribution is 2.48. The van der Waals surface area contributed by atoms with Gasteiger partial charge in [-0.05, 0) is 0 Å². The molecule has 5 aliphatic rings. The fourth-order valence-corrected chi connectivity index (χ4v) is 3.47. The molecule has 0 aliphatic carbocycles. The predicted octanol–water partition coefficient (Wildman–Crippen LogP) is -2.99. The van der Waals surface area contributed by atoms with Crippen molar-refractivity contribution in [3.05, 3.63) is 40.5 Å². The Hall–Kier alpha value is -3.28. The minimum atomic E-state index is -1.84. The molecular weight excluding hydrogens is 344 g/mol. The van der Waals surface area contributed by atoms with E-state index in [0.29, 0.717) is 0 Å². The number of nitro groups is 4. The molecule has 130 valence electrons. The second-order valence-corrected chi connectivity index (χ2v) is 5.13. The monoisotopic (exact) mass is 350 g/mol. The van der Waals surface area contributed by atoms with E-state index in [2.05, 4.69) is 0 Å². The lowest BCUT2D eigenvalue weighted by molar-refractivity contribution is -0.778. The van der Waals surface area contributed by atoms with Crippen LogP contribution in [0.25, 0.3) is 0 Å². The third-order valence-electron chi connectivity index (χ3n) is 4.19. The van der Waals surface area contributed by atoms with Crippen LogP contribution in [0.5, 0.6) is 0 Å². The maximum Gasteiger partial charge on any atom is 0.273 e. The van der Waals surface area contributed by atoms with Crippen molar-refractivity contribution in [3.8, 4) is 0 Å². The van der Waals surface area contributed by atoms with Crippen LogP contribution < -0.4 is 0 Å². The predicted molar refractivity (Wildman–Crippen MR) is 60.2 cm³/mol. The average molecular weight is 350 g/mol. The van der Waals surface area contributed by atoms with Crippen LogP contribution in [0.4, 0.5) is 0 Å². The summed E-state index contributed by atoms with van der Waals surface area (Å²) in [4.78, 5) is 45.3. The molecule has 18 nitrogen and oxygen atoms in total. The molecule has 0 radical (unpaired) electrons. The van der Waals surface area contributed by atoms with Gasteiger partial charge in [0.25, 0.3) is 12.3 Å². The maximum atomic E-state index is 11.4. The molecule has 5 saturated heterocycles. The summed E-state index contributed by atoms with van der Waals surface area (Å²) in [5.41, 5.74) is 0. The summed E-state index contributed by atoms with van der Waals surface area (Å²) in [5, 5.41) is 42.0. The molecule has 18 heteroatoms. The summed E-state index contributed by atoms with van der Waals surface area (Å²) in [6.07, 6.45) is -10.6. The van der Waals surface area contributed by atoms with Gasteiger partial charge in [0, 0.05) is 0 Å². The van der Waals surface area contributed by atoms with Crippen molar-refractivity contribution in [2.45, 2.75) is 37.2 Å². The zero-order valence-corrected chi connectivity index (χ0v) is 11.1. The molecule has 0 amide bonds. The second-order valence-electron chi connectivity index (χ2n) is 5.13. The Bertz CT molecular complexity index is 630. The van der Waals surface area contributed by atoms with E-state index in [1.165, 1.54) is 0 Å². The Balaban J connectivity index is 1.94. The summed E-state index contributed by atoms with van der Waals surface area (Å²) < 4.78 is 10.3. The number of rotatable bonds is 4. The molecule has 6 unspecified atom stereocenters. The van der Waals surface area contributed by atoms with E-state index in [1.807, 2.05) is 0 Å². The van der Waals surface area contributed by atoms with Crippen molar-refractivity contribution < 1.29 is 29.6 Å². The van der Waals surface area contributed by atoms with Crippen molar-refractivity contribution >= 4 is 0 Å². The van der Waals surface area contributed by atoms with Crippen molar-refractivity contribution in [2.24, 2.45) is 0 Å². The molecular formula is C6H6N8O10. The highest BCUT2D eigenvalue weighted by atomic mass is 16.8. The van der Waals surface area contributed by atoms with Crippen molar-refractivity contribution in [1.29, 1.82) is 0 Å². The largest absolute Gasteiger partial charge is 0.315 e. The summed E-state index contributed by atoms with van der Waals surface area (Å²) in [7, 11) is 0. The van der Waals surface area contributed by atoms with Gasteiger partial charge in [-0.1, -0.05) is 20.0 Å². The van der Waals surface area contributed by atoms with E-state index in [-0.39, 0.29) is 20.0 Å². The zero-order valence-electron chi connectivity index (χ0n) is 11.1. The van der Waals surface area contributed by atoms with Crippen molar-refractivity contribution in [1.82, 2.24) is 20.0 Å². The van der Waals surface area contributed by atoms with Gasteiger partial charge in [0.15, 0.2) is 20.1 Å². The smallest absolute Gasteiger partial charge is 0.273 e. The first-order chi connectivity index (χ1) is 11.3. The third kappa shape index (κ3) is 1.40. The first-order valence-electron chi connectivity index (χ1n) is 6.27. The molecule has 0 aromatic rings. The summed E-state index contributed by atoms with van der Waals surface area (Å²) in [6.45, 7) is 0. The number of hydrazine groups is 4. The number of ether oxygens (including phenoxy) is 2. The molecule has 5 aliphatic heterocycles. The Labute approximate surface area is 128 Å². The zero-order chi connectivity index (χ0) is 17.5. The van der Waals surface area contributed by atoms with Crippen LogP contribution in [0.3, 0.4) is 0 Å². The standard InChI is InChI=1S/C6H6N8O10/c15-11(16)7-1-3-10(14(21)22)4-2(7)9(13(19)20)6(24-4)5(23-3)8(1)12(17)18/h1-6H. The summed E-state index contributed by atoms with van der Waals surface area (Å²) in [5.74, 6) is 0. The van der Waals surface area contributed by atoms with E-state index >= 15 is 0 Å². The van der Waals surface area contributed by atoms with E-state index < -0.39 is 57.4 Å². The molecule has 0 spiro atoms. The molecule has 24 heavy (non-hydrogen) atoms. The van der Waals surface area contributed by atoms with Crippen LogP contribution in [0.15, 0.2) is 0 Å². The number of hydrogen-bond acceptors (Lipinski definition) is 10. The topological polar surface area (TPSA) is 204 Å². The van der Waals surface area contributed by atoms with Gasteiger partial charge >= 0.3 is 0 Å². The molecule has 0 aromatic carbocycles. The normalized spacial score (nSPS) is 38.7. The Morgan fingerprint density at radius 3 is 1.17 bits per heavy atom. The van der Waals surface area contributed by atoms with E-state index in [4.69, 9.17) is 9.47 Å². The molecule has 0 N–H and O–H groups in total. The lowest BCUT2D eigenvalue weighted by Gasteiger charge is -2.38. The van der Waals surface area contributed by atoms with E-state index in [9.17, 15) is 40.5 Å². The quantitative estimate of drug-likeness (QED) is 0.366. The SMILES string of the molecule is O=[N+]([O-])N1C2OC3C4OC1C(N4[N+](=O)[O-])N([N+](=O)[O-])C2N3[N+](=O)[O-]. The van der Waals surface area contributed by atoms with Gasteiger partial charge in [0.1, 0.15) is 0 Å². The van der Waals surface area contributed by atoms with Crippen molar-refractivity contribution in [3.63, 3.8) is 0 Å². The molecule has 5 rings (SSSR count). The first-order valence-corrected chi connectivity index (χ1v) is 6.27. The van der Waals surface area contributed by atoms with Crippen LogP contribution in [-0.4, -0.2) is 77.4 Å². The maximum absolute atomic E-state index is 11.4. The minimum absolute atomic E-state index is 0.188. The van der Waals surface area contributed by atoms with Gasteiger partial charge in [-0.2, -0.15) is 0 Å². The summed E-state index contributed by atoms with van der Waals surface area (Å²) in [6, 6.07) is 0. The molecule has 0 aromatic heterocycles. The van der Waals surface area contributed by atoms with Crippen LogP contribution in [0, 0.1) is 40.5 Å². The summed E-state index contributed by atoms with van der Waals surface area (Å²) >= 11 is 0. The van der Waals surface area contributed by atoms with Crippen LogP contribution in [0.2, 0.25) is 0 Å². The van der Waals surface area contributed by atoms with Crippen molar-refractivity contribution in [2.75, 3.05) is 0 Å². The number of hydrogen-bond donors (Lipinski definition) is 0. The lowest BCUT2D eigenvalue weighted by atomic mass is 10.2. The molecule has 5 fully saturated rings.